The zero-order valence-corrected chi connectivity index (χ0v) is 14.6. The third-order valence-electron chi connectivity index (χ3n) is 5.44. The molecule has 2 aliphatic rings. The molecule has 132 valence electrons. The lowest BCUT2D eigenvalue weighted by atomic mass is 9.89. The van der Waals surface area contributed by atoms with Gasteiger partial charge in [0.2, 0.25) is 0 Å². The van der Waals surface area contributed by atoms with Crippen molar-refractivity contribution >= 4 is 0 Å². The van der Waals surface area contributed by atoms with Crippen LogP contribution in [0.2, 0.25) is 0 Å². The van der Waals surface area contributed by atoms with Gasteiger partial charge in [-0.2, -0.15) is 0 Å². The molecule has 1 heterocycles. The highest BCUT2D eigenvalue weighted by molar-refractivity contribution is 5.30. The van der Waals surface area contributed by atoms with Gasteiger partial charge in [0.1, 0.15) is 5.75 Å². The predicted molar refractivity (Wildman–Crippen MR) is 98.8 cm³/mol. The average molecular weight is 329 g/mol. The van der Waals surface area contributed by atoms with Crippen LogP contribution in [0.15, 0.2) is 36.2 Å². The van der Waals surface area contributed by atoms with Crippen LogP contribution in [0.5, 0.6) is 5.75 Å². The van der Waals surface area contributed by atoms with E-state index in [4.69, 9.17) is 5.73 Å². The molecule has 0 atom stereocenters. The van der Waals surface area contributed by atoms with Crippen molar-refractivity contribution in [2.75, 3.05) is 19.6 Å². The van der Waals surface area contributed by atoms with Crippen molar-refractivity contribution < 1.29 is 5.11 Å². The van der Waals surface area contributed by atoms with E-state index in [1.165, 1.54) is 37.7 Å². The minimum atomic E-state index is 0.371. The van der Waals surface area contributed by atoms with Gasteiger partial charge in [0.25, 0.3) is 0 Å². The largest absolute Gasteiger partial charge is 0.508 e. The van der Waals surface area contributed by atoms with E-state index in [0.717, 1.165) is 38.2 Å². The lowest BCUT2D eigenvalue weighted by molar-refractivity contribution is 0.227. The number of benzene rings is 1. The van der Waals surface area contributed by atoms with E-state index in [9.17, 15) is 5.11 Å². The standard InChI is InChI=1S/C20H31N3O/c21-18(14-22-19-6-2-1-3-7-19)15-23-11-9-16(10-12-23)17-5-4-8-20(24)13-17/h4-5,8,13-14,16,19,22,24H,1-3,6-7,9-12,15,21H2/b18-14-. The molecule has 1 aliphatic carbocycles. The van der Waals surface area contributed by atoms with E-state index in [2.05, 4.69) is 16.3 Å². The molecule has 0 radical (unpaired) electrons. The summed E-state index contributed by atoms with van der Waals surface area (Å²) in [7, 11) is 0. The molecule has 0 spiro atoms. The summed E-state index contributed by atoms with van der Waals surface area (Å²) in [4.78, 5) is 2.44. The summed E-state index contributed by atoms with van der Waals surface area (Å²) < 4.78 is 0. The summed E-state index contributed by atoms with van der Waals surface area (Å²) in [6.45, 7) is 2.99. The molecule has 24 heavy (non-hydrogen) atoms. The maximum atomic E-state index is 9.64. The summed E-state index contributed by atoms with van der Waals surface area (Å²) >= 11 is 0. The Morgan fingerprint density at radius 1 is 1.17 bits per heavy atom. The van der Waals surface area contributed by atoms with Gasteiger partial charge in [0, 0.05) is 24.5 Å². The second-order valence-electron chi connectivity index (χ2n) is 7.37. The number of piperidine rings is 1. The first kappa shape index (κ1) is 17.2. The highest BCUT2D eigenvalue weighted by Gasteiger charge is 2.21. The molecule has 0 aromatic heterocycles. The molecule has 0 unspecified atom stereocenters. The van der Waals surface area contributed by atoms with Crippen LogP contribution in [0.4, 0.5) is 0 Å². The monoisotopic (exact) mass is 329 g/mol. The third kappa shape index (κ3) is 4.91. The fourth-order valence-corrected chi connectivity index (χ4v) is 4.00. The van der Waals surface area contributed by atoms with Crippen molar-refractivity contribution in [1.82, 2.24) is 10.2 Å². The van der Waals surface area contributed by atoms with E-state index in [0.29, 0.717) is 17.7 Å². The minimum absolute atomic E-state index is 0.371. The molecule has 4 nitrogen and oxygen atoms in total. The molecule has 1 aromatic rings. The van der Waals surface area contributed by atoms with Gasteiger partial charge in [-0.05, 0) is 62.4 Å². The molecule has 1 aliphatic heterocycles. The molecule has 1 saturated carbocycles. The van der Waals surface area contributed by atoms with Gasteiger partial charge in [-0.25, -0.2) is 0 Å². The maximum absolute atomic E-state index is 9.64. The van der Waals surface area contributed by atoms with Crippen LogP contribution in [-0.2, 0) is 0 Å². The second kappa shape index (κ2) is 8.43. The molecule has 3 rings (SSSR count). The van der Waals surface area contributed by atoms with Crippen LogP contribution in [-0.4, -0.2) is 35.7 Å². The Balaban J connectivity index is 1.43. The first-order chi connectivity index (χ1) is 11.7. The average Bonchev–Trinajstić information content (AvgIpc) is 2.61. The van der Waals surface area contributed by atoms with E-state index < -0.39 is 0 Å². The Morgan fingerprint density at radius 3 is 2.62 bits per heavy atom. The van der Waals surface area contributed by atoms with Gasteiger partial charge in [0.05, 0.1) is 0 Å². The zero-order valence-electron chi connectivity index (χ0n) is 14.6. The predicted octanol–water partition coefficient (Wildman–Crippen LogP) is 3.29. The zero-order chi connectivity index (χ0) is 16.8. The lowest BCUT2D eigenvalue weighted by Crippen LogP contribution is -2.36. The van der Waals surface area contributed by atoms with Crippen LogP contribution < -0.4 is 11.1 Å². The summed E-state index contributed by atoms with van der Waals surface area (Å²) in [5.41, 5.74) is 8.41. The molecular weight excluding hydrogens is 298 g/mol. The molecule has 1 aromatic carbocycles. The lowest BCUT2D eigenvalue weighted by Gasteiger charge is -2.32. The number of likely N-dealkylation sites (tertiary alicyclic amines) is 1. The van der Waals surface area contributed by atoms with Crippen LogP contribution >= 0.6 is 0 Å². The first-order valence-corrected chi connectivity index (χ1v) is 9.42. The Labute approximate surface area is 145 Å². The summed E-state index contributed by atoms with van der Waals surface area (Å²) in [5, 5.41) is 13.2. The number of nitrogens with zero attached hydrogens (tertiary/aromatic N) is 1. The minimum Gasteiger partial charge on any atom is -0.508 e. The summed E-state index contributed by atoms with van der Waals surface area (Å²) in [6.07, 6.45) is 10.9. The van der Waals surface area contributed by atoms with Crippen LogP contribution in [0.3, 0.4) is 0 Å². The van der Waals surface area contributed by atoms with Gasteiger partial charge in [-0.1, -0.05) is 31.4 Å². The van der Waals surface area contributed by atoms with Crippen molar-refractivity contribution in [3.8, 4) is 5.75 Å². The molecule has 4 heteroatoms. The highest BCUT2D eigenvalue weighted by atomic mass is 16.3. The summed E-state index contributed by atoms with van der Waals surface area (Å²) in [5.74, 6) is 0.926. The third-order valence-corrected chi connectivity index (χ3v) is 5.44. The van der Waals surface area contributed by atoms with Crippen molar-refractivity contribution in [1.29, 1.82) is 0 Å². The van der Waals surface area contributed by atoms with Gasteiger partial charge in [-0.15, -0.1) is 0 Å². The summed E-state index contributed by atoms with van der Waals surface area (Å²) in [6, 6.07) is 8.33. The number of nitrogens with one attached hydrogen (secondary N) is 1. The Kier molecular flexibility index (Phi) is 6.02. The topological polar surface area (TPSA) is 61.5 Å². The highest BCUT2D eigenvalue weighted by Crippen LogP contribution is 2.29. The fraction of sp³-hybridized carbons (Fsp3) is 0.600. The molecule has 1 saturated heterocycles. The van der Waals surface area contributed by atoms with Crippen LogP contribution in [0.1, 0.15) is 56.4 Å². The van der Waals surface area contributed by atoms with E-state index in [1.54, 1.807) is 6.07 Å². The van der Waals surface area contributed by atoms with Crippen LogP contribution in [0, 0.1) is 0 Å². The molecular formula is C20H31N3O. The van der Waals surface area contributed by atoms with Gasteiger partial charge < -0.3 is 16.2 Å². The number of hydrogen-bond acceptors (Lipinski definition) is 4. The van der Waals surface area contributed by atoms with Crippen molar-refractivity contribution in [3.05, 3.63) is 41.7 Å². The molecule has 0 amide bonds. The van der Waals surface area contributed by atoms with Gasteiger partial charge in [-0.3, -0.25) is 4.90 Å². The maximum Gasteiger partial charge on any atom is 0.115 e. The SMILES string of the molecule is N/C(=C\NC1CCCCC1)CN1CCC(c2cccc(O)c2)CC1. The number of aromatic hydroxyl groups is 1. The molecule has 4 N–H and O–H groups in total. The fourth-order valence-electron chi connectivity index (χ4n) is 4.00. The number of phenols is 1. The number of nitrogens with two attached hydrogens (primary N) is 1. The Hall–Kier alpha value is -1.68. The van der Waals surface area contributed by atoms with Gasteiger partial charge >= 0.3 is 0 Å². The number of phenolic OH excluding ortho intramolecular Hbond substituents is 1. The van der Waals surface area contributed by atoms with Crippen LogP contribution in [0.25, 0.3) is 0 Å². The quantitative estimate of drug-likeness (QED) is 0.776. The molecule has 2 fully saturated rings. The second-order valence-corrected chi connectivity index (χ2v) is 7.37. The van der Waals surface area contributed by atoms with Crippen molar-refractivity contribution in [3.63, 3.8) is 0 Å². The first-order valence-electron chi connectivity index (χ1n) is 9.42. The van der Waals surface area contributed by atoms with E-state index in [1.807, 2.05) is 18.3 Å². The number of rotatable bonds is 5. The van der Waals surface area contributed by atoms with Crippen molar-refractivity contribution in [2.45, 2.75) is 56.9 Å². The smallest absolute Gasteiger partial charge is 0.115 e. The van der Waals surface area contributed by atoms with E-state index >= 15 is 0 Å². The normalized spacial score (nSPS) is 21.8. The number of hydrogen-bond donors (Lipinski definition) is 3. The van der Waals surface area contributed by atoms with Crippen molar-refractivity contribution in [2.24, 2.45) is 5.73 Å². The van der Waals surface area contributed by atoms with Gasteiger partial charge in [0.15, 0.2) is 0 Å². The molecule has 0 bridgehead atoms. The van der Waals surface area contributed by atoms with E-state index in [-0.39, 0.29) is 0 Å². The Bertz CT molecular complexity index is 544. The Morgan fingerprint density at radius 2 is 1.92 bits per heavy atom.